The molecule has 0 bridgehead atoms. The van der Waals surface area contributed by atoms with E-state index in [4.69, 9.17) is 14.2 Å². The van der Waals surface area contributed by atoms with E-state index in [-0.39, 0.29) is 5.91 Å². The number of hydrogen-bond acceptors (Lipinski definition) is 4. The van der Waals surface area contributed by atoms with Gasteiger partial charge in [-0.2, -0.15) is 0 Å². The van der Waals surface area contributed by atoms with Crippen molar-refractivity contribution in [2.45, 2.75) is 44.6 Å². The van der Waals surface area contributed by atoms with Crippen molar-refractivity contribution in [1.29, 1.82) is 0 Å². The SMILES string of the molecule is COc1ccc(/C=C/C(=O)NCCCOC2CCCCC2)cc1OC. The predicted molar refractivity (Wildman–Crippen MR) is 99.0 cm³/mol. The molecule has 0 heterocycles. The summed E-state index contributed by atoms with van der Waals surface area (Å²) in [5, 5.41) is 2.88. The average Bonchev–Trinajstić information content (AvgIpc) is 2.66. The molecule has 0 spiro atoms. The lowest BCUT2D eigenvalue weighted by atomic mass is 9.98. The quantitative estimate of drug-likeness (QED) is 0.548. The second kappa shape index (κ2) is 10.8. The lowest BCUT2D eigenvalue weighted by molar-refractivity contribution is -0.116. The van der Waals surface area contributed by atoms with Gasteiger partial charge in [-0.3, -0.25) is 4.79 Å². The number of benzene rings is 1. The van der Waals surface area contributed by atoms with Gasteiger partial charge in [-0.15, -0.1) is 0 Å². The zero-order valence-corrected chi connectivity index (χ0v) is 15.3. The maximum atomic E-state index is 11.9. The Hall–Kier alpha value is -2.01. The van der Waals surface area contributed by atoms with E-state index in [1.807, 2.05) is 18.2 Å². The molecule has 0 unspecified atom stereocenters. The third-order valence-corrected chi connectivity index (χ3v) is 4.36. The second-order valence-corrected chi connectivity index (χ2v) is 6.22. The van der Waals surface area contributed by atoms with Gasteiger partial charge < -0.3 is 19.5 Å². The van der Waals surface area contributed by atoms with E-state index < -0.39 is 0 Å². The van der Waals surface area contributed by atoms with Crippen LogP contribution in [-0.4, -0.2) is 39.4 Å². The van der Waals surface area contributed by atoms with Gasteiger partial charge >= 0.3 is 0 Å². The third kappa shape index (κ3) is 6.78. The molecule has 0 radical (unpaired) electrons. The third-order valence-electron chi connectivity index (χ3n) is 4.36. The molecular formula is C20H29NO4. The monoisotopic (exact) mass is 347 g/mol. The summed E-state index contributed by atoms with van der Waals surface area (Å²) in [6.07, 6.45) is 10.8. The molecule has 0 saturated heterocycles. The van der Waals surface area contributed by atoms with Crippen LogP contribution in [0, 0.1) is 0 Å². The van der Waals surface area contributed by atoms with Crippen molar-refractivity contribution in [1.82, 2.24) is 5.32 Å². The van der Waals surface area contributed by atoms with Crippen molar-refractivity contribution >= 4 is 12.0 Å². The molecular weight excluding hydrogens is 318 g/mol. The van der Waals surface area contributed by atoms with E-state index in [2.05, 4.69) is 5.32 Å². The minimum Gasteiger partial charge on any atom is -0.493 e. The molecule has 1 aromatic carbocycles. The highest BCUT2D eigenvalue weighted by Crippen LogP contribution is 2.27. The molecule has 5 heteroatoms. The number of carbonyl (C=O) groups excluding carboxylic acids is 1. The van der Waals surface area contributed by atoms with Gasteiger partial charge in [0.15, 0.2) is 11.5 Å². The van der Waals surface area contributed by atoms with Gasteiger partial charge in [-0.25, -0.2) is 0 Å². The van der Waals surface area contributed by atoms with Crippen LogP contribution in [0.4, 0.5) is 0 Å². The van der Waals surface area contributed by atoms with Crippen LogP contribution >= 0.6 is 0 Å². The molecule has 1 saturated carbocycles. The van der Waals surface area contributed by atoms with Gasteiger partial charge in [0.1, 0.15) is 0 Å². The Morgan fingerprint density at radius 2 is 1.92 bits per heavy atom. The van der Waals surface area contributed by atoms with Gasteiger partial charge in [0.05, 0.1) is 20.3 Å². The van der Waals surface area contributed by atoms with E-state index in [0.717, 1.165) is 12.0 Å². The van der Waals surface area contributed by atoms with Crippen molar-refractivity contribution in [3.05, 3.63) is 29.8 Å². The van der Waals surface area contributed by atoms with Crippen molar-refractivity contribution in [2.24, 2.45) is 0 Å². The molecule has 0 atom stereocenters. The molecule has 138 valence electrons. The van der Waals surface area contributed by atoms with Crippen LogP contribution in [0.2, 0.25) is 0 Å². The van der Waals surface area contributed by atoms with Crippen LogP contribution in [0.3, 0.4) is 0 Å². The molecule has 1 amide bonds. The number of nitrogens with one attached hydrogen (secondary N) is 1. The summed E-state index contributed by atoms with van der Waals surface area (Å²) in [5.41, 5.74) is 0.883. The number of ether oxygens (including phenoxy) is 3. The molecule has 1 N–H and O–H groups in total. The van der Waals surface area contributed by atoms with E-state index in [1.54, 1.807) is 20.3 Å². The first-order chi connectivity index (χ1) is 12.2. The minimum absolute atomic E-state index is 0.104. The van der Waals surface area contributed by atoms with Crippen molar-refractivity contribution in [2.75, 3.05) is 27.4 Å². The van der Waals surface area contributed by atoms with Gasteiger partial charge in [-0.05, 0) is 43.0 Å². The summed E-state index contributed by atoms with van der Waals surface area (Å²) in [5.74, 6) is 1.21. The van der Waals surface area contributed by atoms with Gasteiger partial charge in [0, 0.05) is 19.2 Å². The number of rotatable bonds is 9. The topological polar surface area (TPSA) is 56.8 Å². The Morgan fingerprint density at radius 3 is 2.64 bits per heavy atom. The first-order valence-corrected chi connectivity index (χ1v) is 9.02. The normalized spacial score (nSPS) is 15.3. The van der Waals surface area contributed by atoms with Crippen LogP contribution in [-0.2, 0) is 9.53 Å². The maximum Gasteiger partial charge on any atom is 0.244 e. The molecule has 5 nitrogen and oxygen atoms in total. The van der Waals surface area contributed by atoms with Gasteiger partial charge in [-0.1, -0.05) is 25.3 Å². The smallest absolute Gasteiger partial charge is 0.244 e. The standard InChI is InChI=1S/C20H29NO4/c1-23-18-11-9-16(15-19(18)24-2)10-12-20(22)21-13-6-14-25-17-7-4-3-5-8-17/h9-12,15,17H,3-8,13-14H2,1-2H3,(H,21,22)/b12-10+. The highest BCUT2D eigenvalue weighted by Gasteiger charge is 2.12. The fourth-order valence-electron chi connectivity index (χ4n) is 2.95. The molecule has 2 rings (SSSR count). The summed E-state index contributed by atoms with van der Waals surface area (Å²) in [4.78, 5) is 11.9. The first-order valence-electron chi connectivity index (χ1n) is 9.02. The molecule has 1 aliphatic carbocycles. The van der Waals surface area contributed by atoms with Gasteiger partial charge in [0.25, 0.3) is 0 Å². The summed E-state index contributed by atoms with van der Waals surface area (Å²) in [6, 6.07) is 5.53. The van der Waals surface area contributed by atoms with Crippen LogP contribution in [0.15, 0.2) is 24.3 Å². The summed E-state index contributed by atoms with van der Waals surface area (Å²) >= 11 is 0. The van der Waals surface area contributed by atoms with Crippen LogP contribution < -0.4 is 14.8 Å². The van der Waals surface area contributed by atoms with E-state index in [1.165, 1.54) is 38.2 Å². The molecule has 1 aliphatic rings. The predicted octanol–water partition coefficient (Wildman–Crippen LogP) is 3.57. The molecule has 1 aromatic rings. The fourth-order valence-corrected chi connectivity index (χ4v) is 2.95. The summed E-state index contributed by atoms with van der Waals surface area (Å²) < 4.78 is 16.3. The van der Waals surface area contributed by atoms with E-state index in [9.17, 15) is 4.79 Å². The Kier molecular flexibility index (Phi) is 8.32. The zero-order chi connectivity index (χ0) is 17.9. The van der Waals surface area contributed by atoms with Crippen LogP contribution in [0.5, 0.6) is 11.5 Å². The largest absolute Gasteiger partial charge is 0.493 e. The van der Waals surface area contributed by atoms with E-state index in [0.29, 0.717) is 30.8 Å². The second-order valence-electron chi connectivity index (χ2n) is 6.22. The highest BCUT2D eigenvalue weighted by molar-refractivity contribution is 5.91. The lowest BCUT2D eigenvalue weighted by Gasteiger charge is -2.21. The highest BCUT2D eigenvalue weighted by atomic mass is 16.5. The first kappa shape index (κ1) is 19.3. The lowest BCUT2D eigenvalue weighted by Crippen LogP contribution is -2.24. The van der Waals surface area contributed by atoms with E-state index >= 15 is 0 Å². The Morgan fingerprint density at radius 1 is 1.16 bits per heavy atom. The fraction of sp³-hybridized carbons (Fsp3) is 0.550. The number of hydrogen-bond donors (Lipinski definition) is 1. The zero-order valence-electron chi connectivity index (χ0n) is 15.3. The molecule has 25 heavy (non-hydrogen) atoms. The van der Waals surface area contributed by atoms with Gasteiger partial charge in [0.2, 0.25) is 5.91 Å². The average molecular weight is 347 g/mol. The number of methoxy groups -OCH3 is 2. The Labute approximate surface area is 150 Å². The minimum atomic E-state index is -0.104. The molecule has 1 fully saturated rings. The summed E-state index contributed by atoms with van der Waals surface area (Å²) in [6.45, 7) is 1.34. The maximum absolute atomic E-state index is 11.9. The number of carbonyl (C=O) groups is 1. The Balaban J connectivity index is 1.66. The summed E-state index contributed by atoms with van der Waals surface area (Å²) in [7, 11) is 3.19. The van der Waals surface area contributed by atoms with Crippen LogP contribution in [0.25, 0.3) is 6.08 Å². The van der Waals surface area contributed by atoms with Crippen LogP contribution in [0.1, 0.15) is 44.1 Å². The van der Waals surface area contributed by atoms with Crippen molar-refractivity contribution in [3.8, 4) is 11.5 Å². The molecule has 0 aromatic heterocycles. The Bertz CT molecular complexity index is 565. The van der Waals surface area contributed by atoms with Crippen molar-refractivity contribution < 1.29 is 19.0 Å². The number of amides is 1. The molecule has 0 aliphatic heterocycles. The van der Waals surface area contributed by atoms with Crippen molar-refractivity contribution in [3.63, 3.8) is 0 Å².